The number of amides is 1. The Labute approximate surface area is 125 Å². The minimum atomic E-state index is -0.374. The number of carbonyl (C=O) groups excluding carboxylic acids is 1. The highest BCUT2D eigenvalue weighted by molar-refractivity contribution is 5.85. The highest BCUT2D eigenvalue weighted by atomic mass is 35.5. The number of aliphatic hydroxyl groups excluding tert-OH is 1. The first-order valence-electron chi connectivity index (χ1n) is 6.99. The van der Waals surface area contributed by atoms with Crippen molar-refractivity contribution in [1.29, 1.82) is 0 Å². The van der Waals surface area contributed by atoms with Gasteiger partial charge >= 0.3 is 0 Å². The molecule has 3 unspecified atom stereocenters. The Kier molecular flexibility index (Phi) is 5.02. The van der Waals surface area contributed by atoms with Gasteiger partial charge in [0.1, 0.15) is 0 Å². The second-order valence-electron chi connectivity index (χ2n) is 5.53. The van der Waals surface area contributed by atoms with Gasteiger partial charge in [-0.2, -0.15) is 0 Å². The molecule has 0 spiro atoms. The number of β-amino-alcohol motifs (C(OH)–C–C–N with tert-alkyl or cyclic N) is 1. The Morgan fingerprint density at radius 3 is 2.70 bits per heavy atom. The van der Waals surface area contributed by atoms with Crippen LogP contribution in [-0.4, -0.2) is 47.7 Å². The summed E-state index contributed by atoms with van der Waals surface area (Å²) < 4.78 is 0. The van der Waals surface area contributed by atoms with Gasteiger partial charge in [0, 0.05) is 25.6 Å². The molecule has 0 radical (unpaired) electrons. The minimum absolute atomic E-state index is 0. The summed E-state index contributed by atoms with van der Waals surface area (Å²) in [5, 5.41) is 12.6. The molecule has 4 nitrogen and oxygen atoms in total. The molecule has 3 rings (SSSR count). The smallest absolute Gasteiger partial charge is 0.239 e. The lowest BCUT2D eigenvalue weighted by molar-refractivity contribution is -0.132. The van der Waals surface area contributed by atoms with Crippen LogP contribution in [0.2, 0.25) is 0 Å². The van der Waals surface area contributed by atoms with Crippen molar-refractivity contribution >= 4 is 18.3 Å². The first-order chi connectivity index (χ1) is 9.24. The molecular weight excluding hydrogens is 276 g/mol. The van der Waals surface area contributed by atoms with Gasteiger partial charge in [0.15, 0.2) is 0 Å². The number of rotatable bonds is 2. The van der Waals surface area contributed by atoms with E-state index in [0.29, 0.717) is 18.9 Å². The summed E-state index contributed by atoms with van der Waals surface area (Å²) in [7, 11) is 0. The third-order valence-corrected chi connectivity index (χ3v) is 4.18. The van der Waals surface area contributed by atoms with Crippen molar-refractivity contribution in [3.05, 3.63) is 35.9 Å². The number of aliphatic hydroxyl groups is 1. The lowest BCUT2D eigenvalue weighted by Gasteiger charge is -2.20. The van der Waals surface area contributed by atoms with E-state index in [9.17, 15) is 9.90 Å². The average Bonchev–Trinajstić information content (AvgIpc) is 3.08. The van der Waals surface area contributed by atoms with E-state index < -0.39 is 0 Å². The van der Waals surface area contributed by atoms with Gasteiger partial charge in [0.25, 0.3) is 0 Å². The molecule has 2 N–H and O–H groups in total. The number of nitrogens with zero attached hydrogens (tertiary/aromatic N) is 1. The van der Waals surface area contributed by atoms with E-state index in [1.807, 2.05) is 11.0 Å². The van der Waals surface area contributed by atoms with Crippen molar-refractivity contribution in [2.45, 2.75) is 30.9 Å². The highest BCUT2D eigenvalue weighted by Gasteiger charge is 2.34. The summed E-state index contributed by atoms with van der Waals surface area (Å²) in [6.07, 6.45) is 1.21. The van der Waals surface area contributed by atoms with Crippen LogP contribution < -0.4 is 5.32 Å². The van der Waals surface area contributed by atoms with Gasteiger partial charge in [-0.25, -0.2) is 0 Å². The summed E-state index contributed by atoms with van der Waals surface area (Å²) in [4.78, 5) is 14.3. The van der Waals surface area contributed by atoms with E-state index in [2.05, 4.69) is 29.6 Å². The van der Waals surface area contributed by atoms with E-state index in [0.717, 1.165) is 19.5 Å². The molecule has 110 valence electrons. The molecule has 2 aliphatic rings. The molecule has 0 aliphatic carbocycles. The van der Waals surface area contributed by atoms with Crippen LogP contribution in [0.5, 0.6) is 0 Å². The first kappa shape index (κ1) is 15.3. The fourth-order valence-corrected chi connectivity index (χ4v) is 3.08. The summed E-state index contributed by atoms with van der Waals surface area (Å²) in [5.41, 5.74) is 1.32. The first-order valence-corrected chi connectivity index (χ1v) is 6.99. The number of likely N-dealkylation sites (tertiary alicyclic amines) is 1. The van der Waals surface area contributed by atoms with Crippen LogP contribution in [0.3, 0.4) is 0 Å². The number of carbonyl (C=O) groups is 1. The number of benzene rings is 1. The van der Waals surface area contributed by atoms with Crippen molar-refractivity contribution < 1.29 is 9.90 Å². The minimum Gasteiger partial charge on any atom is -0.392 e. The summed E-state index contributed by atoms with van der Waals surface area (Å²) in [5.74, 6) is 0.603. The van der Waals surface area contributed by atoms with E-state index in [1.165, 1.54) is 5.56 Å². The molecule has 0 bridgehead atoms. The monoisotopic (exact) mass is 296 g/mol. The van der Waals surface area contributed by atoms with Crippen molar-refractivity contribution in [3.63, 3.8) is 0 Å². The molecule has 1 aromatic rings. The molecule has 2 heterocycles. The maximum absolute atomic E-state index is 12.3. The average molecular weight is 297 g/mol. The SMILES string of the molecule is Cl.O=C(C1CC(O)CN1)N1CCC(c2ccccc2)C1. The van der Waals surface area contributed by atoms with Crippen LogP contribution >= 0.6 is 12.4 Å². The molecule has 2 fully saturated rings. The quantitative estimate of drug-likeness (QED) is 0.861. The molecular formula is C15H21ClN2O2. The van der Waals surface area contributed by atoms with E-state index in [4.69, 9.17) is 0 Å². The Morgan fingerprint density at radius 1 is 1.30 bits per heavy atom. The number of hydrogen-bond donors (Lipinski definition) is 2. The fraction of sp³-hybridized carbons (Fsp3) is 0.533. The summed E-state index contributed by atoms with van der Waals surface area (Å²) in [6, 6.07) is 10.2. The lowest BCUT2D eigenvalue weighted by Crippen LogP contribution is -2.42. The van der Waals surface area contributed by atoms with Crippen LogP contribution in [0.4, 0.5) is 0 Å². The standard InChI is InChI=1S/C15H20N2O2.ClH/c18-13-8-14(16-9-13)15(19)17-7-6-12(10-17)11-4-2-1-3-5-11;/h1-5,12-14,16,18H,6-10H2;1H. The third-order valence-electron chi connectivity index (χ3n) is 4.18. The number of hydrogen-bond acceptors (Lipinski definition) is 3. The maximum Gasteiger partial charge on any atom is 0.239 e. The zero-order valence-corrected chi connectivity index (χ0v) is 12.2. The normalized spacial score (nSPS) is 29.2. The van der Waals surface area contributed by atoms with E-state index >= 15 is 0 Å². The molecule has 0 aromatic heterocycles. The zero-order valence-electron chi connectivity index (χ0n) is 11.4. The van der Waals surface area contributed by atoms with Gasteiger partial charge in [-0.15, -0.1) is 12.4 Å². The second-order valence-corrected chi connectivity index (χ2v) is 5.53. The van der Waals surface area contributed by atoms with Crippen molar-refractivity contribution in [1.82, 2.24) is 10.2 Å². The van der Waals surface area contributed by atoms with Crippen LogP contribution in [0.25, 0.3) is 0 Å². The Morgan fingerprint density at radius 2 is 2.05 bits per heavy atom. The largest absolute Gasteiger partial charge is 0.392 e. The lowest BCUT2D eigenvalue weighted by atomic mass is 9.99. The zero-order chi connectivity index (χ0) is 13.2. The summed E-state index contributed by atoms with van der Waals surface area (Å²) >= 11 is 0. The molecule has 5 heteroatoms. The molecule has 1 aromatic carbocycles. The Hall–Kier alpha value is -1.10. The van der Waals surface area contributed by atoms with E-state index in [-0.39, 0.29) is 30.5 Å². The van der Waals surface area contributed by atoms with Gasteiger partial charge in [-0.3, -0.25) is 4.79 Å². The van der Waals surface area contributed by atoms with Gasteiger partial charge in [0.2, 0.25) is 5.91 Å². The fourth-order valence-electron chi connectivity index (χ4n) is 3.08. The second kappa shape index (κ2) is 6.57. The van der Waals surface area contributed by atoms with Gasteiger partial charge in [-0.05, 0) is 18.4 Å². The predicted octanol–water partition coefficient (Wildman–Crippen LogP) is 1.15. The maximum atomic E-state index is 12.3. The van der Waals surface area contributed by atoms with Crippen LogP contribution in [-0.2, 0) is 4.79 Å². The van der Waals surface area contributed by atoms with Gasteiger partial charge < -0.3 is 15.3 Å². The van der Waals surface area contributed by atoms with Crippen LogP contribution in [0.15, 0.2) is 30.3 Å². The van der Waals surface area contributed by atoms with Crippen molar-refractivity contribution in [2.24, 2.45) is 0 Å². The number of halogens is 1. The highest BCUT2D eigenvalue weighted by Crippen LogP contribution is 2.27. The Bertz CT molecular complexity index is 454. The number of nitrogens with one attached hydrogen (secondary N) is 1. The van der Waals surface area contributed by atoms with Gasteiger partial charge in [-0.1, -0.05) is 30.3 Å². The topological polar surface area (TPSA) is 52.6 Å². The molecule has 20 heavy (non-hydrogen) atoms. The molecule has 0 saturated carbocycles. The van der Waals surface area contributed by atoms with Crippen LogP contribution in [0.1, 0.15) is 24.3 Å². The van der Waals surface area contributed by atoms with E-state index in [1.54, 1.807) is 0 Å². The Balaban J connectivity index is 0.00000147. The van der Waals surface area contributed by atoms with Crippen molar-refractivity contribution in [3.8, 4) is 0 Å². The summed E-state index contributed by atoms with van der Waals surface area (Å²) in [6.45, 7) is 2.16. The third kappa shape index (κ3) is 3.14. The van der Waals surface area contributed by atoms with Crippen molar-refractivity contribution in [2.75, 3.05) is 19.6 Å². The predicted molar refractivity (Wildman–Crippen MR) is 80.0 cm³/mol. The van der Waals surface area contributed by atoms with Gasteiger partial charge in [0.05, 0.1) is 12.1 Å². The van der Waals surface area contributed by atoms with Crippen LogP contribution in [0, 0.1) is 0 Å². The molecule has 3 atom stereocenters. The molecule has 2 aliphatic heterocycles. The molecule has 2 saturated heterocycles. The molecule has 1 amide bonds.